The average Bonchev–Trinajstić information content (AvgIpc) is 2.98. The summed E-state index contributed by atoms with van der Waals surface area (Å²) < 4.78 is 9.69. The lowest BCUT2D eigenvalue weighted by Crippen LogP contribution is -2.22. The molecule has 0 aliphatic rings. The summed E-state index contributed by atoms with van der Waals surface area (Å²) in [4.78, 5) is 8.61. The molecule has 7 heteroatoms. The molecular formula is C14H21N5OSi. The highest BCUT2D eigenvalue weighted by Crippen LogP contribution is 2.19. The molecule has 3 heterocycles. The van der Waals surface area contributed by atoms with E-state index in [2.05, 4.69) is 29.6 Å². The van der Waals surface area contributed by atoms with Crippen LogP contribution in [0.4, 0.5) is 5.95 Å². The molecule has 0 unspecified atom stereocenters. The zero-order valence-electron chi connectivity index (χ0n) is 12.7. The third kappa shape index (κ3) is 2.79. The van der Waals surface area contributed by atoms with Crippen LogP contribution in [0, 0.1) is 0 Å². The van der Waals surface area contributed by atoms with E-state index in [9.17, 15) is 0 Å². The van der Waals surface area contributed by atoms with Crippen LogP contribution < -0.4 is 5.73 Å². The molecule has 112 valence electrons. The molecule has 3 aromatic heterocycles. The van der Waals surface area contributed by atoms with E-state index < -0.39 is 8.07 Å². The Morgan fingerprint density at radius 3 is 2.76 bits per heavy atom. The van der Waals surface area contributed by atoms with Gasteiger partial charge in [-0.3, -0.25) is 4.40 Å². The summed E-state index contributed by atoms with van der Waals surface area (Å²) in [7, 11) is -1.05. The molecule has 0 bridgehead atoms. The van der Waals surface area contributed by atoms with Crippen molar-refractivity contribution >= 4 is 30.7 Å². The van der Waals surface area contributed by atoms with E-state index in [1.807, 2.05) is 21.2 Å². The lowest BCUT2D eigenvalue weighted by atomic mass is 10.5. The summed E-state index contributed by atoms with van der Waals surface area (Å²) in [6.45, 7) is 8.36. The van der Waals surface area contributed by atoms with Crippen LogP contribution in [0.25, 0.3) is 16.7 Å². The topological polar surface area (TPSA) is 70.4 Å². The molecule has 0 fully saturated rings. The first-order valence-electron chi connectivity index (χ1n) is 7.10. The van der Waals surface area contributed by atoms with Crippen LogP contribution >= 0.6 is 0 Å². The molecule has 21 heavy (non-hydrogen) atoms. The number of hydrogen-bond donors (Lipinski definition) is 1. The normalized spacial score (nSPS) is 12.5. The molecule has 0 aliphatic carbocycles. The number of nitrogens with two attached hydrogens (primary N) is 1. The number of nitrogens with zero attached hydrogens (tertiary/aromatic N) is 4. The molecule has 0 atom stereocenters. The van der Waals surface area contributed by atoms with Crippen molar-refractivity contribution in [1.82, 2.24) is 18.9 Å². The highest BCUT2D eigenvalue weighted by atomic mass is 28.3. The van der Waals surface area contributed by atoms with Gasteiger partial charge in [-0.05, 0) is 12.1 Å². The van der Waals surface area contributed by atoms with Crippen molar-refractivity contribution in [2.75, 3.05) is 12.3 Å². The van der Waals surface area contributed by atoms with Gasteiger partial charge in [0.15, 0.2) is 5.65 Å². The Morgan fingerprint density at radius 2 is 2.00 bits per heavy atom. The second kappa shape index (κ2) is 5.16. The summed E-state index contributed by atoms with van der Waals surface area (Å²) in [5.41, 5.74) is 8.63. The van der Waals surface area contributed by atoms with Gasteiger partial charge in [0.2, 0.25) is 5.95 Å². The number of imidazole rings is 1. The first-order chi connectivity index (χ1) is 9.96. The van der Waals surface area contributed by atoms with E-state index in [4.69, 9.17) is 10.5 Å². The lowest BCUT2D eigenvalue weighted by molar-refractivity contribution is 0.0899. The van der Waals surface area contributed by atoms with Crippen molar-refractivity contribution in [1.29, 1.82) is 0 Å². The zero-order chi connectivity index (χ0) is 15.0. The maximum atomic E-state index is 5.91. The predicted octanol–water partition coefficient (Wildman–Crippen LogP) is 2.58. The molecule has 3 aromatic rings. The van der Waals surface area contributed by atoms with Gasteiger partial charge in [-0.2, -0.15) is 0 Å². The molecule has 6 nitrogen and oxygen atoms in total. The monoisotopic (exact) mass is 303 g/mol. The van der Waals surface area contributed by atoms with E-state index >= 15 is 0 Å². The zero-order valence-corrected chi connectivity index (χ0v) is 13.7. The SMILES string of the molecule is C[Si](C)(C)CCOCn1ccc2c1ncc1cnc(N)n12. The van der Waals surface area contributed by atoms with Crippen LogP contribution in [0.15, 0.2) is 24.7 Å². The van der Waals surface area contributed by atoms with Crippen molar-refractivity contribution in [3.63, 3.8) is 0 Å². The third-order valence-corrected chi connectivity index (χ3v) is 5.22. The molecule has 0 saturated carbocycles. The van der Waals surface area contributed by atoms with E-state index in [1.165, 1.54) is 6.04 Å². The van der Waals surface area contributed by atoms with E-state index in [0.717, 1.165) is 23.3 Å². The molecule has 0 amide bonds. The standard InChI is InChI=1S/C14H21N5OSi/c1-21(2,3)7-6-20-10-18-5-4-12-13(18)16-8-11-9-17-14(15)19(11)12/h4-5,8-9H,6-7,10H2,1-3H3,(H2,15,17). The average molecular weight is 303 g/mol. The highest BCUT2D eigenvalue weighted by molar-refractivity contribution is 6.76. The Hall–Kier alpha value is -1.86. The van der Waals surface area contributed by atoms with Crippen LogP contribution in [0.1, 0.15) is 0 Å². The summed E-state index contributed by atoms with van der Waals surface area (Å²) in [6.07, 6.45) is 5.49. The number of aromatic nitrogens is 4. The fourth-order valence-corrected chi connectivity index (χ4v) is 3.03. The number of rotatable bonds is 5. The number of ether oxygens (including phenoxy) is 1. The Balaban J connectivity index is 1.81. The quantitative estimate of drug-likeness (QED) is 0.581. The minimum Gasteiger partial charge on any atom is -0.369 e. The van der Waals surface area contributed by atoms with Crippen molar-refractivity contribution in [2.24, 2.45) is 0 Å². The largest absolute Gasteiger partial charge is 0.369 e. The van der Waals surface area contributed by atoms with Gasteiger partial charge in [0.25, 0.3) is 0 Å². The van der Waals surface area contributed by atoms with Gasteiger partial charge >= 0.3 is 0 Å². The van der Waals surface area contributed by atoms with Gasteiger partial charge in [-0.1, -0.05) is 19.6 Å². The van der Waals surface area contributed by atoms with Crippen molar-refractivity contribution in [3.05, 3.63) is 24.7 Å². The molecular weight excluding hydrogens is 282 g/mol. The minimum atomic E-state index is -1.05. The number of fused-ring (bicyclic) bond motifs is 3. The van der Waals surface area contributed by atoms with Gasteiger partial charge in [-0.15, -0.1) is 0 Å². The number of nitrogen functional groups attached to an aromatic ring is 1. The summed E-state index contributed by atoms with van der Waals surface area (Å²) in [5, 5.41) is 0. The number of hydrogen-bond acceptors (Lipinski definition) is 4. The van der Waals surface area contributed by atoms with Crippen LogP contribution in [0.2, 0.25) is 25.7 Å². The molecule has 0 aliphatic heterocycles. The van der Waals surface area contributed by atoms with Crippen LogP contribution in [-0.4, -0.2) is 33.6 Å². The van der Waals surface area contributed by atoms with Crippen LogP contribution in [0.5, 0.6) is 0 Å². The van der Waals surface area contributed by atoms with Crippen molar-refractivity contribution in [3.8, 4) is 0 Å². The first-order valence-corrected chi connectivity index (χ1v) is 10.8. The van der Waals surface area contributed by atoms with Crippen molar-refractivity contribution < 1.29 is 4.74 Å². The maximum absolute atomic E-state index is 5.91. The third-order valence-electron chi connectivity index (χ3n) is 3.52. The Kier molecular flexibility index (Phi) is 3.46. The first kappa shape index (κ1) is 14.1. The fourth-order valence-electron chi connectivity index (χ4n) is 2.27. The van der Waals surface area contributed by atoms with Gasteiger partial charge in [0, 0.05) is 20.9 Å². The summed E-state index contributed by atoms with van der Waals surface area (Å²) in [6, 6.07) is 3.16. The van der Waals surface area contributed by atoms with Crippen LogP contribution in [0.3, 0.4) is 0 Å². The van der Waals surface area contributed by atoms with Gasteiger partial charge in [0.05, 0.1) is 23.4 Å². The van der Waals surface area contributed by atoms with E-state index in [1.54, 1.807) is 12.4 Å². The van der Waals surface area contributed by atoms with Crippen LogP contribution in [-0.2, 0) is 11.5 Å². The predicted molar refractivity (Wildman–Crippen MR) is 87.0 cm³/mol. The van der Waals surface area contributed by atoms with Gasteiger partial charge in [-0.25, -0.2) is 9.97 Å². The summed E-state index contributed by atoms with van der Waals surface area (Å²) >= 11 is 0. The lowest BCUT2D eigenvalue weighted by Gasteiger charge is -2.15. The van der Waals surface area contributed by atoms with E-state index in [0.29, 0.717) is 12.7 Å². The Bertz CT molecular complexity index is 771. The molecule has 2 N–H and O–H groups in total. The second-order valence-corrected chi connectivity index (χ2v) is 12.1. The van der Waals surface area contributed by atoms with Gasteiger partial charge < -0.3 is 15.0 Å². The van der Waals surface area contributed by atoms with Gasteiger partial charge in [0.1, 0.15) is 6.73 Å². The maximum Gasteiger partial charge on any atom is 0.205 e. The minimum absolute atomic E-state index is 0.481. The molecule has 3 rings (SSSR count). The van der Waals surface area contributed by atoms with E-state index in [-0.39, 0.29) is 0 Å². The Morgan fingerprint density at radius 1 is 1.24 bits per heavy atom. The second-order valence-electron chi connectivity index (χ2n) is 6.48. The number of anilines is 1. The van der Waals surface area contributed by atoms with Crippen molar-refractivity contribution in [2.45, 2.75) is 32.4 Å². The fraction of sp³-hybridized carbons (Fsp3) is 0.429. The smallest absolute Gasteiger partial charge is 0.205 e. The molecule has 0 spiro atoms. The molecule has 0 saturated heterocycles. The molecule has 0 radical (unpaired) electrons. The Labute approximate surface area is 124 Å². The molecule has 0 aromatic carbocycles. The summed E-state index contributed by atoms with van der Waals surface area (Å²) in [5.74, 6) is 0.481. The highest BCUT2D eigenvalue weighted by Gasteiger charge is 2.13.